The first-order valence-corrected chi connectivity index (χ1v) is 8.73. The smallest absolute Gasteiger partial charge is 0.191 e. The maximum atomic E-state index is 5.93. The monoisotopic (exact) mass is 347 g/mol. The highest BCUT2D eigenvalue weighted by Gasteiger charge is 2.09. The lowest BCUT2D eigenvalue weighted by Gasteiger charge is -2.18. The molecule has 0 radical (unpaired) electrons. The highest BCUT2D eigenvalue weighted by atomic mass is 32.1. The Morgan fingerprint density at radius 1 is 1.17 bits per heavy atom. The second-order valence-corrected chi connectivity index (χ2v) is 6.77. The maximum Gasteiger partial charge on any atom is 0.191 e. The molecule has 24 heavy (non-hydrogen) atoms. The van der Waals surface area contributed by atoms with Crippen molar-refractivity contribution in [2.45, 2.75) is 26.5 Å². The molecule has 1 heterocycles. The lowest BCUT2D eigenvalue weighted by atomic mass is 10.3. The summed E-state index contributed by atoms with van der Waals surface area (Å²) in [5.41, 5.74) is 0. The van der Waals surface area contributed by atoms with Gasteiger partial charge in [0, 0.05) is 16.8 Å². The summed E-state index contributed by atoms with van der Waals surface area (Å²) >= 11 is 1.79. The number of hydrogen-bond donors (Lipinski definition) is 2. The van der Waals surface area contributed by atoms with Crippen LogP contribution in [-0.2, 0) is 6.54 Å². The molecule has 0 aliphatic heterocycles. The Hall–Kier alpha value is -2.21. The molecule has 0 saturated carbocycles. The number of methoxy groups -OCH3 is 1. The zero-order valence-corrected chi connectivity index (χ0v) is 15.4. The highest BCUT2D eigenvalue weighted by molar-refractivity contribution is 7.11. The standard InChI is InChI=1S/C18H25N3O2S/c1-13(23-17-8-6-5-7-16(17)22-4)11-20-18(19-3)21-12-15-10-9-14(2)24-15/h5-10,13H,11-12H2,1-4H3,(H2,19,20,21). The highest BCUT2D eigenvalue weighted by Crippen LogP contribution is 2.26. The van der Waals surface area contributed by atoms with Gasteiger partial charge in [-0.1, -0.05) is 12.1 Å². The number of aryl methyl sites for hydroxylation is 1. The maximum absolute atomic E-state index is 5.93. The van der Waals surface area contributed by atoms with Gasteiger partial charge in [-0.15, -0.1) is 11.3 Å². The van der Waals surface area contributed by atoms with Crippen LogP contribution in [0.1, 0.15) is 16.7 Å². The lowest BCUT2D eigenvalue weighted by molar-refractivity contribution is 0.213. The summed E-state index contributed by atoms with van der Waals surface area (Å²) < 4.78 is 11.2. The fourth-order valence-electron chi connectivity index (χ4n) is 2.19. The van der Waals surface area contributed by atoms with Crippen LogP contribution in [-0.4, -0.2) is 32.8 Å². The van der Waals surface area contributed by atoms with Gasteiger partial charge in [0.05, 0.1) is 20.2 Å². The number of rotatable bonds is 7. The molecule has 5 nitrogen and oxygen atoms in total. The third-order valence-electron chi connectivity index (χ3n) is 3.40. The fraction of sp³-hybridized carbons (Fsp3) is 0.389. The first-order valence-electron chi connectivity index (χ1n) is 7.92. The van der Waals surface area contributed by atoms with Crippen molar-refractivity contribution in [3.63, 3.8) is 0 Å². The molecular formula is C18H25N3O2S. The van der Waals surface area contributed by atoms with E-state index in [0.29, 0.717) is 6.54 Å². The number of guanidine groups is 1. The van der Waals surface area contributed by atoms with Crippen LogP contribution >= 0.6 is 11.3 Å². The van der Waals surface area contributed by atoms with E-state index in [0.717, 1.165) is 24.0 Å². The Labute approximate surface area is 147 Å². The second kappa shape index (κ2) is 9.17. The van der Waals surface area contributed by atoms with Crippen LogP contribution in [0.5, 0.6) is 11.5 Å². The molecule has 0 aliphatic rings. The second-order valence-electron chi connectivity index (χ2n) is 5.40. The average molecular weight is 347 g/mol. The van der Waals surface area contributed by atoms with Crippen LogP contribution in [0.15, 0.2) is 41.4 Å². The summed E-state index contributed by atoms with van der Waals surface area (Å²) in [4.78, 5) is 6.84. The molecule has 0 aliphatic carbocycles. The Balaban J connectivity index is 1.79. The van der Waals surface area contributed by atoms with Gasteiger partial charge in [0.15, 0.2) is 17.5 Å². The number of nitrogens with zero attached hydrogens (tertiary/aromatic N) is 1. The first kappa shape index (κ1) is 18.1. The molecule has 6 heteroatoms. The minimum absolute atomic E-state index is 0.0242. The molecule has 0 bridgehead atoms. The van der Waals surface area contributed by atoms with E-state index in [9.17, 15) is 0 Å². The van der Waals surface area contributed by atoms with Crippen molar-refractivity contribution in [2.24, 2.45) is 4.99 Å². The Kier molecular flexibility index (Phi) is 6.93. The third kappa shape index (κ3) is 5.45. The molecule has 1 aromatic carbocycles. The molecule has 1 unspecified atom stereocenters. The quantitative estimate of drug-likeness (QED) is 0.597. The molecule has 0 saturated heterocycles. The molecule has 2 aromatic rings. The number of nitrogens with one attached hydrogen (secondary N) is 2. The number of thiophene rings is 1. The van der Waals surface area contributed by atoms with Crippen LogP contribution in [0.25, 0.3) is 0 Å². The predicted octanol–water partition coefficient (Wildman–Crippen LogP) is 3.20. The normalized spacial score (nSPS) is 12.6. The van der Waals surface area contributed by atoms with Gasteiger partial charge in [-0.2, -0.15) is 0 Å². The summed E-state index contributed by atoms with van der Waals surface area (Å²) in [6, 6.07) is 11.9. The van der Waals surface area contributed by atoms with E-state index in [2.05, 4.69) is 34.7 Å². The third-order valence-corrected chi connectivity index (χ3v) is 4.40. The molecule has 0 fully saturated rings. The predicted molar refractivity (Wildman–Crippen MR) is 100 cm³/mol. The molecule has 0 amide bonds. The molecule has 1 atom stereocenters. The van der Waals surface area contributed by atoms with Crippen LogP contribution in [0.2, 0.25) is 0 Å². The zero-order chi connectivity index (χ0) is 17.4. The van der Waals surface area contributed by atoms with E-state index < -0.39 is 0 Å². The molecular weight excluding hydrogens is 322 g/mol. The van der Waals surface area contributed by atoms with Crippen LogP contribution in [0, 0.1) is 6.92 Å². The molecule has 1 aromatic heterocycles. The minimum atomic E-state index is -0.0242. The minimum Gasteiger partial charge on any atom is -0.493 e. The molecule has 130 valence electrons. The lowest BCUT2D eigenvalue weighted by Crippen LogP contribution is -2.41. The summed E-state index contributed by atoms with van der Waals surface area (Å²) in [6.07, 6.45) is -0.0242. The van der Waals surface area contributed by atoms with Crippen molar-refractivity contribution < 1.29 is 9.47 Å². The number of benzene rings is 1. The van der Waals surface area contributed by atoms with E-state index in [-0.39, 0.29) is 6.10 Å². The van der Waals surface area contributed by atoms with Gasteiger partial charge in [-0.3, -0.25) is 4.99 Å². The number of ether oxygens (including phenoxy) is 2. The van der Waals surface area contributed by atoms with E-state index in [1.165, 1.54) is 9.75 Å². The molecule has 0 spiro atoms. The van der Waals surface area contributed by atoms with E-state index in [1.807, 2.05) is 31.2 Å². The van der Waals surface area contributed by atoms with Gasteiger partial charge in [-0.05, 0) is 38.1 Å². The van der Waals surface area contributed by atoms with Crippen molar-refractivity contribution in [3.05, 3.63) is 46.2 Å². The van der Waals surface area contributed by atoms with Gasteiger partial charge < -0.3 is 20.1 Å². The van der Waals surface area contributed by atoms with Gasteiger partial charge in [0.1, 0.15) is 6.10 Å². The summed E-state index contributed by atoms with van der Waals surface area (Å²) in [7, 11) is 3.41. The Bertz CT molecular complexity index is 670. The largest absolute Gasteiger partial charge is 0.493 e. The van der Waals surface area contributed by atoms with Gasteiger partial charge in [-0.25, -0.2) is 0 Å². The van der Waals surface area contributed by atoms with E-state index in [4.69, 9.17) is 9.47 Å². The number of aliphatic imine (C=N–C) groups is 1. The Morgan fingerprint density at radius 2 is 1.92 bits per heavy atom. The van der Waals surface area contributed by atoms with Gasteiger partial charge >= 0.3 is 0 Å². The number of hydrogen-bond acceptors (Lipinski definition) is 4. The zero-order valence-electron chi connectivity index (χ0n) is 14.6. The summed E-state index contributed by atoms with van der Waals surface area (Å²) in [6.45, 7) is 5.52. The van der Waals surface area contributed by atoms with Crippen molar-refractivity contribution in [2.75, 3.05) is 20.7 Å². The molecule has 2 rings (SSSR count). The van der Waals surface area contributed by atoms with Crippen LogP contribution < -0.4 is 20.1 Å². The molecule has 2 N–H and O–H groups in total. The van der Waals surface area contributed by atoms with Crippen molar-refractivity contribution >= 4 is 17.3 Å². The average Bonchev–Trinajstić information content (AvgIpc) is 3.01. The van der Waals surface area contributed by atoms with Crippen LogP contribution in [0.3, 0.4) is 0 Å². The Morgan fingerprint density at radius 3 is 2.54 bits per heavy atom. The summed E-state index contributed by atoms with van der Waals surface area (Å²) in [5, 5.41) is 6.59. The van der Waals surface area contributed by atoms with Gasteiger partial charge in [0.2, 0.25) is 0 Å². The SMILES string of the molecule is CN=C(NCc1ccc(C)s1)NCC(C)Oc1ccccc1OC. The topological polar surface area (TPSA) is 54.9 Å². The summed E-state index contributed by atoms with van der Waals surface area (Å²) in [5.74, 6) is 2.24. The number of para-hydroxylation sites is 2. The van der Waals surface area contributed by atoms with E-state index in [1.54, 1.807) is 25.5 Å². The fourth-order valence-corrected chi connectivity index (χ4v) is 3.02. The van der Waals surface area contributed by atoms with E-state index >= 15 is 0 Å². The van der Waals surface area contributed by atoms with Crippen LogP contribution in [0.4, 0.5) is 0 Å². The van der Waals surface area contributed by atoms with Crippen molar-refractivity contribution in [1.82, 2.24) is 10.6 Å². The first-order chi connectivity index (χ1) is 11.6. The van der Waals surface area contributed by atoms with Crippen molar-refractivity contribution in [1.29, 1.82) is 0 Å². The van der Waals surface area contributed by atoms with Crippen molar-refractivity contribution in [3.8, 4) is 11.5 Å². The van der Waals surface area contributed by atoms with Gasteiger partial charge in [0.25, 0.3) is 0 Å².